The second-order valence-electron chi connectivity index (χ2n) is 8.94. The fourth-order valence-electron chi connectivity index (χ4n) is 4.05. The summed E-state index contributed by atoms with van der Waals surface area (Å²) in [4.78, 5) is 30.9. The van der Waals surface area contributed by atoms with Crippen molar-refractivity contribution in [1.82, 2.24) is 20.1 Å². The highest BCUT2D eigenvalue weighted by atomic mass is 16.2. The van der Waals surface area contributed by atoms with Crippen LogP contribution in [0, 0.1) is 0 Å². The lowest BCUT2D eigenvalue weighted by Crippen LogP contribution is -2.27. The van der Waals surface area contributed by atoms with Crippen LogP contribution in [0.15, 0.2) is 91.3 Å². The number of H-pyrrole nitrogens is 1. The van der Waals surface area contributed by atoms with Gasteiger partial charge >= 0.3 is 6.03 Å². The lowest BCUT2D eigenvalue weighted by atomic mass is 10.0. The summed E-state index contributed by atoms with van der Waals surface area (Å²) < 4.78 is 0. The number of nitrogens with zero attached hydrogens (tertiary/aromatic N) is 3. The van der Waals surface area contributed by atoms with Crippen LogP contribution in [0.25, 0.3) is 22.0 Å². The summed E-state index contributed by atoms with van der Waals surface area (Å²) in [6.07, 6.45) is 4.08. The minimum atomic E-state index is -0.301. The standard InChI is InChI=1S/C29H26N6O2/c1-35(2)29(37)32-24-15-22(17-30-18-24)21-11-12-26-25(16-21)27(34-33-26)28(36)31-23-10-6-9-20(14-23)13-19-7-4-3-5-8-19/h3-12,14-18H,13H2,1-2H3,(H,31,36)(H,32,37)(H,33,34). The number of rotatable bonds is 6. The van der Waals surface area contributed by atoms with Gasteiger partial charge < -0.3 is 15.5 Å². The summed E-state index contributed by atoms with van der Waals surface area (Å²) >= 11 is 0. The fourth-order valence-corrected chi connectivity index (χ4v) is 4.05. The van der Waals surface area contributed by atoms with Gasteiger partial charge in [0.25, 0.3) is 5.91 Å². The van der Waals surface area contributed by atoms with Crippen molar-refractivity contribution >= 4 is 34.2 Å². The smallest absolute Gasteiger partial charge is 0.321 e. The van der Waals surface area contributed by atoms with Gasteiger partial charge in [-0.3, -0.25) is 14.9 Å². The zero-order valence-electron chi connectivity index (χ0n) is 20.5. The first-order chi connectivity index (χ1) is 18.0. The Balaban J connectivity index is 1.37. The molecule has 8 heteroatoms. The van der Waals surface area contributed by atoms with Gasteiger partial charge in [-0.2, -0.15) is 5.10 Å². The number of pyridine rings is 1. The molecule has 0 radical (unpaired) electrons. The fraction of sp³-hybridized carbons (Fsp3) is 0.103. The summed E-state index contributed by atoms with van der Waals surface area (Å²) in [5, 5.41) is 13.7. The van der Waals surface area contributed by atoms with E-state index in [0.717, 1.165) is 28.6 Å². The molecule has 2 aromatic heterocycles. The largest absolute Gasteiger partial charge is 0.331 e. The van der Waals surface area contributed by atoms with Crippen LogP contribution in [0.3, 0.4) is 0 Å². The lowest BCUT2D eigenvalue weighted by molar-refractivity contribution is 0.102. The molecule has 0 spiro atoms. The average Bonchev–Trinajstić information content (AvgIpc) is 3.33. The number of anilines is 2. The lowest BCUT2D eigenvalue weighted by Gasteiger charge is -2.12. The molecule has 0 aliphatic carbocycles. The van der Waals surface area contributed by atoms with Gasteiger partial charge in [0.05, 0.1) is 17.4 Å². The number of amides is 3. The minimum absolute atomic E-state index is 0.240. The van der Waals surface area contributed by atoms with E-state index in [9.17, 15) is 9.59 Å². The molecule has 3 amide bonds. The molecular formula is C29H26N6O2. The first kappa shape index (κ1) is 23.7. The molecule has 5 aromatic rings. The van der Waals surface area contributed by atoms with E-state index in [1.54, 1.807) is 26.5 Å². The summed E-state index contributed by atoms with van der Waals surface area (Å²) in [5.41, 5.74) is 6.30. The number of hydrogen-bond acceptors (Lipinski definition) is 4. The van der Waals surface area contributed by atoms with E-state index in [1.807, 2.05) is 66.7 Å². The van der Waals surface area contributed by atoms with Crippen LogP contribution >= 0.6 is 0 Å². The third-order valence-corrected chi connectivity index (χ3v) is 5.94. The number of fused-ring (bicyclic) bond motifs is 1. The third kappa shape index (κ3) is 5.48. The number of aromatic nitrogens is 3. The Labute approximate surface area is 214 Å². The summed E-state index contributed by atoms with van der Waals surface area (Å²) in [6.45, 7) is 0. The second kappa shape index (κ2) is 10.3. The Kier molecular flexibility index (Phi) is 6.63. The van der Waals surface area contributed by atoms with Crippen molar-refractivity contribution in [2.24, 2.45) is 0 Å². The van der Waals surface area contributed by atoms with Crippen molar-refractivity contribution in [3.8, 4) is 11.1 Å². The normalized spacial score (nSPS) is 10.8. The molecule has 0 atom stereocenters. The molecular weight excluding hydrogens is 464 g/mol. The van der Waals surface area contributed by atoms with Crippen LogP contribution in [0.5, 0.6) is 0 Å². The molecule has 0 aliphatic rings. The van der Waals surface area contributed by atoms with Gasteiger partial charge in [0.2, 0.25) is 0 Å². The van der Waals surface area contributed by atoms with Gasteiger partial charge in [0, 0.05) is 36.9 Å². The second-order valence-corrected chi connectivity index (χ2v) is 8.94. The van der Waals surface area contributed by atoms with Crippen molar-refractivity contribution < 1.29 is 9.59 Å². The molecule has 5 rings (SSSR count). The quantitative estimate of drug-likeness (QED) is 0.290. The number of carbonyl (C=O) groups is 2. The van der Waals surface area contributed by atoms with Crippen molar-refractivity contribution in [3.63, 3.8) is 0 Å². The number of aromatic amines is 1. The predicted molar refractivity (Wildman–Crippen MR) is 146 cm³/mol. The molecule has 0 bridgehead atoms. The van der Waals surface area contributed by atoms with E-state index in [2.05, 4.69) is 37.9 Å². The number of nitrogens with one attached hydrogen (secondary N) is 3. The highest BCUT2D eigenvalue weighted by molar-refractivity contribution is 6.11. The average molecular weight is 491 g/mol. The first-order valence-electron chi connectivity index (χ1n) is 11.8. The molecule has 0 saturated heterocycles. The molecule has 2 heterocycles. The van der Waals surface area contributed by atoms with Crippen LogP contribution in [-0.2, 0) is 6.42 Å². The Morgan fingerprint density at radius 2 is 1.62 bits per heavy atom. The monoisotopic (exact) mass is 490 g/mol. The van der Waals surface area contributed by atoms with Crippen LogP contribution < -0.4 is 10.6 Å². The van der Waals surface area contributed by atoms with Gasteiger partial charge in [0.15, 0.2) is 5.69 Å². The summed E-state index contributed by atoms with van der Waals surface area (Å²) in [7, 11) is 3.34. The van der Waals surface area contributed by atoms with Crippen LogP contribution in [0.1, 0.15) is 21.6 Å². The molecule has 8 nitrogen and oxygen atoms in total. The van der Waals surface area contributed by atoms with Crippen LogP contribution in [0.4, 0.5) is 16.2 Å². The van der Waals surface area contributed by atoms with Gasteiger partial charge in [-0.25, -0.2) is 4.79 Å². The van der Waals surface area contributed by atoms with Crippen molar-refractivity contribution in [2.75, 3.05) is 24.7 Å². The molecule has 3 aromatic carbocycles. The Morgan fingerprint density at radius 3 is 2.43 bits per heavy atom. The minimum Gasteiger partial charge on any atom is -0.331 e. The van der Waals surface area contributed by atoms with Crippen LogP contribution in [0.2, 0.25) is 0 Å². The van der Waals surface area contributed by atoms with Crippen molar-refractivity contribution in [2.45, 2.75) is 6.42 Å². The Morgan fingerprint density at radius 1 is 0.811 bits per heavy atom. The van der Waals surface area contributed by atoms with Crippen molar-refractivity contribution in [3.05, 3.63) is 108 Å². The maximum Gasteiger partial charge on any atom is 0.321 e. The number of carbonyl (C=O) groups excluding carboxylic acids is 2. The van der Waals surface area contributed by atoms with Crippen molar-refractivity contribution in [1.29, 1.82) is 0 Å². The van der Waals surface area contributed by atoms with E-state index in [4.69, 9.17) is 0 Å². The Bertz CT molecular complexity index is 1580. The Hall–Kier alpha value is -4.98. The highest BCUT2D eigenvalue weighted by Gasteiger charge is 2.16. The number of benzene rings is 3. The third-order valence-electron chi connectivity index (χ3n) is 5.94. The van der Waals surface area contributed by atoms with Gasteiger partial charge in [0.1, 0.15) is 0 Å². The van der Waals surface area contributed by atoms with E-state index in [1.165, 1.54) is 10.5 Å². The zero-order valence-corrected chi connectivity index (χ0v) is 20.5. The van der Waals surface area contributed by atoms with E-state index < -0.39 is 0 Å². The topological polar surface area (TPSA) is 103 Å². The molecule has 0 aliphatic heterocycles. The van der Waals surface area contributed by atoms with E-state index >= 15 is 0 Å². The SMILES string of the molecule is CN(C)C(=O)Nc1cncc(-c2ccc3[nH]nc(C(=O)Nc4cccc(Cc5ccccc5)c4)c3c2)c1. The van der Waals surface area contributed by atoms with E-state index in [-0.39, 0.29) is 11.9 Å². The van der Waals surface area contributed by atoms with Crippen LogP contribution in [-0.4, -0.2) is 46.1 Å². The van der Waals surface area contributed by atoms with Gasteiger partial charge in [-0.15, -0.1) is 0 Å². The molecule has 3 N–H and O–H groups in total. The summed E-state index contributed by atoms with van der Waals surface area (Å²) in [6, 6.07) is 25.3. The predicted octanol–water partition coefficient (Wildman–Crippen LogP) is 5.56. The van der Waals surface area contributed by atoms with Gasteiger partial charge in [-0.1, -0.05) is 48.5 Å². The summed E-state index contributed by atoms with van der Waals surface area (Å²) in [5.74, 6) is -0.301. The molecule has 184 valence electrons. The number of urea groups is 1. The molecule has 37 heavy (non-hydrogen) atoms. The maximum atomic E-state index is 13.2. The zero-order chi connectivity index (χ0) is 25.8. The molecule has 0 unspecified atom stereocenters. The maximum absolute atomic E-state index is 13.2. The number of hydrogen-bond donors (Lipinski definition) is 3. The van der Waals surface area contributed by atoms with Gasteiger partial charge in [-0.05, 0) is 53.4 Å². The molecule has 0 saturated carbocycles. The van der Waals surface area contributed by atoms with E-state index in [0.29, 0.717) is 22.5 Å². The molecule has 0 fully saturated rings. The first-order valence-corrected chi connectivity index (χ1v) is 11.8. The highest BCUT2D eigenvalue weighted by Crippen LogP contribution is 2.27.